The van der Waals surface area contributed by atoms with E-state index in [4.69, 9.17) is 4.74 Å². The summed E-state index contributed by atoms with van der Waals surface area (Å²) >= 11 is 0. The average Bonchev–Trinajstić information content (AvgIpc) is 2.72. The number of ether oxygens (including phenoxy) is 1. The summed E-state index contributed by atoms with van der Waals surface area (Å²) in [6.07, 6.45) is 10.1. The van der Waals surface area contributed by atoms with Crippen molar-refractivity contribution in [3.8, 4) is 11.5 Å². The molecular weight excluding hydrogens is 352 g/mol. The molecule has 5 nitrogen and oxygen atoms in total. The number of rotatable bonds is 8. The number of carbonyl (C=O) groups is 1. The second-order valence-electron chi connectivity index (χ2n) is 7.90. The van der Waals surface area contributed by atoms with Gasteiger partial charge in [0.2, 0.25) is 5.91 Å². The number of carbonyl (C=O) groups excluding carboxylic acids is 1. The van der Waals surface area contributed by atoms with Crippen molar-refractivity contribution in [3.63, 3.8) is 0 Å². The van der Waals surface area contributed by atoms with Crippen LogP contribution in [-0.4, -0.2) is 42.2 Å². The maximum Gasteiger partial charge on any atom is 0.223 e. The van der Waals surface area contributed by atoms with E-state index in [1.165, 1.54) is 31.3 Å². The van der Waals surface area contributed by atoms with Gasteiger partial charge in [0.1, 0.15) is 0 Å². The van der Waals surface area contributed by atoms with E-state index in [0.29, 0.717) is 18.9 Å². The van der Waals surface area contributed by atoms with Gasteiger partial charge in [-0.3, -0.25) is 9.69 Å². The molecule has 0 radical (unpaired) electrons. The number of aromatic hydroxyl groups is 1. The fourth-order valence-corrected chi connectivity index (χ4v) is 4.18. The quantitative estimate of drug-likeness (QED) is 0.663. The van der Waals surface area contributed by atoms with Crippen LogP contribution >= 0.6 is 0 Å². The number of para-hydroxylation sites is 1. The van der Waals surface area contributed by atoms with Crippen LogP contribution in [-0.2, 0) is 11.3 Å². The predicted molar refractivity (Wildman–Crippen MR) is 111 cm³/mol. The van der Waals surface area contributed by atoms with Crippen molar-refractivity contribution in [2.75, 3.05) is 26.2 Å². The minimum atomic E-state index is 0.111. The monoisotopic (exact) mass is 386 g/mol. The molecule has 1 aromatic carbocycles. The zero-order valence-electron chi connectivity index (χ0n) is 17.1. The normalized spacial score (nSPS) is 18.5. The topological polar surface area (TPSA) is 61.8 Å². The molecule has 2 aliphatic rings. The molecule has 5 heteroatoms. The van der Waals surface area contributed by atoms with Gasteiger partial charge in [-0.1, -0.05) is 23.8 Å². The molecule has 0 atom stereocenters. The number of allylic oxidation sites excluding steroid dienone is 1. The molecule has 1 aliphatic carbocycles. The van der Waals surface area contributed by atoms with E-state index >= 15 is 0 Å². The lowest BCUT2D eigenvalue weighted by atomic mass is 9.95. The number of likely N-dealkylation sites (tertiary alicyclic amines) is 1. The molecule has 1 aromatic rings. The standard InChI is InChI=1S/C23H34N2O3/c1-2-28-21-10-6-9-20(22(21)26)17-25-15-12-19(13-16-25)23(27)24-14-11-18-7-4-3-5-8-18/h6-7,9-10,19,26H,2-5,8,11-17H2,1H3,(H,24,27). The van der Waals surface area contributed by atoms with Crippen LogP contribution in [0, 0.1) is 5.92 Å². The number of benzene rings is 1. The molecular formula is C23H34N2O3. The second kappa shape index (κ2) is 10.5. The van der Waals surface area contributed by atoms with Gasteiger partial charge in [0.05, 0.1) is 6.61 Å². The van der Waals surface area contributed by atoms with Crippen LogP contribution in [0.5, 0.6) is 11.5 Å². The van der Waals surface area contributed by atoms with Gasteiger partial charge in [-0.2, -0.15) is 0 Å². The highest BCUT2D eigenvalue weighted by atomic mass is 16.5. The number of amides is 1. The van der Waals surface area contributed by atoms with Crippen molar-refractivity contribution < 1.29 is 14.6 Å². The summed E-state index contributed by atoms with van der Waals surface area (Å²) < 4.78 is 5.47. The van der Waals surface area contributed by atoms with Gasteiger partial charge in [0.15, 0.2) is 11.5 Å². The fraction of sp³-hybridized carbons (Fsp3) is 0.609. The van der Waals surface area contributed by atoms with E-state index in [2.05, 4.69) is 16.3 Å². The van der Waals surface area contributed by atoms with Crippen LogP contribution in [0.1, 0.15) is 57.4 Å². The van der Waals surface area contributed by atoms with E-state index in [-0.39, 0.29) is 17.6 Å². The number of hydrogen-bond donors (Lipinski definition) is 2. The summed E-state index contributed by atoms with van der Waals surface area (Å²) in [5.74, 6) is 1.10. The number of phenols is 1. The summed E-state index contributed by atoms with van der Waals surface area (Å²) in [6.45, 7) is 5.66. The van der Waals surface area contributed by atoms with Gasteiger partial charge in [0.25, 0.3) is 0 Å². The van der Waals surface area contributed by atoms with Crippen molar-refractivity contribution in [3.05, 3.63) is 35.4 Å². The number of nitrogens with zero attached hydrogens (tertiary/aromatic N) is 1. The average molecular weight is 387 g/mol. The minimum absolute atomic E-state index is 0.111. The van der Waals surface area contributed by atoms with Crippen LogP contribution in [0.2, 0.25) is 0 Å². The first-order chi connectivity index (χ1) is 13.7. The fourth-order valence-electron chi connectivity index (χ4n) is 4.18. The summed E-state index contributed by atoms with van der Waals surface area (Å²) in [5, 5.41) is 13.5. The maximum absolute atomic E-state index is 12.5. The van der Waals surface area contributed by atoms with Gasteiger partial charge in [0, 0.05) is 24.6 Å². The van der Waals surface area contributed by atoms with E-state index in [9.17, 15) is 9.90 Å². The molecule has 0 spiro atoms. The third-order valence-electron chi connectivity index (χ3n) is 5.87. The van der Waals surface area contributed by atoms with Crippen molar-refractivity contribution in [2.24, 2.45) is 5.92 Å². The lowest BCUT2D eigenvalue weighted by Crippen LogP contribution is -2.40. The molecule has 154 valence electrons. The molecule has 0 bridgehead atoms. The van der Waals surface area contributed by atoms with E-state index in [0.717, 1.165) is 44.5 Å². The zero-order valence-corrected chi connectivity index (χ0v) is 17.1. The Balaban J connectivity index is 1.41. The van der Waals surface area contributed by atoms with Gasteiger partial charge >= 0.3 is 0 Å². The Morgan fingerprint density at radius 3 is 2.82 bits per heavy atom. The van der Waals surface area contributed by atoms with E-state index in [1.54, 1.807) is 6.07 Å². The van der Waals surface area contributed by atoms with Crippen LogP contribution in [0.25, 0.3) is 0 Å². The maximum atomic E-state index is 12.5. The first-order valence-electron chi connectivity index (χ1n) is 10.8. The smallest absolute Gasteiger partial charge is 0.223 e. The number of hydrogen-bond acceptors (Lipinski definition) is 4. The molecule has 0 unspecified atom stereocenters. The summed E-state index contributed by atoms with van der Waals surface area (Å²) in [6, 6.07) is 5.65. The van der Waals surface area contributed by atoms with Crippen LogP contribution in [0.4, 0.5) is 0 Å². The number of phenolic OH excluding ortho intramolecular Hbond substituents is 1. The Morgan fingerprint density at radius 2 is 2.11 bits per heavy atom. The third kappa shape index (κ3) is 5.74. The molecule has 0 saturated carbocycles. The first-order valence-corrected chi connectivity index (χ1v) is 10.8. The second-order valence-corrected chi connectivity index (χ2v) is 7.90. The predicted octanol–water partition coefficient (Wildman–Crippen LogP) is 4.01. The molecule has 2 N–H and O–H groups in total. The van der Waals surface area contributed by atoms with Gasteiger partial charge in [-0.05, 0) is 71.0 Å². The number of nitrogens with one attached hydrogen (secondary N) is 1. The first kappa shape index (κ1) is 20.7. The Hall–Kier alpha value is -2.01. The van der Waals surface area contributed by atoms with Gasteiger partial charge < -0.3 is 15.2 Å². The van der Waals surface area contributed by atoms with Crippen LogP contribution in [0.3, 0.4) is 0 Å². The van der Waals surface area contributed by atoms with Gasteiger partial charge in [-0.25, -0.2) is 0 Å². The highest BCUT2D eigenvalue weighted by Crippen LogP contribution is 2.31. The molecule has 1 heterocycles. The minimum Gasteiger partial charge on any atom is -0.504 e. The lowest BCUT2D eigenvalue weighted by Gasteiger charge is -2.31. The summed E-state index contributed by atoms with van der Waals surface area (Å²) in [7, 11) is 0. The Bertz CT molecular complexity index is 678. The molecule has 1 fully saturated rings. The van der Waals surface area contributed by atoms with E-state index < -0.39 is 0 Å². The number of piperidine rings is 1. The summed E-state index contributed by atoms with van der Waals surface area (Å²) in [5.41, 5.74) is 2.39. The Morgan fingerprint density at radius 1 is 1.29 bits per heavy atom. The third-order valence-corrected chi connectivity index (χ3v) is 5.87. The highest BCUT2D eigenvalue weighted by molar-refractivity contribution is 5.78. The lowest BCUT2D eigenvalue weighted by molar-refractivity contribution is -0.126. The van der Waals surface area contributed by atoms with Crippen molar-refractivity contribution in [1.29, 1.82) is 0 Å². The SMILES string of the molecule is CCOc1cccc(CN2CCC(C(=O)NCCC3=CCCCC3)CC2)c1O. The molecule has 0 aromatic heterocycles. The molecule has 28 heavy (non-hydrogen) atoms. The van der Waals surface area contributed by atoms with Crippen molar-refractivity contribution in [1.82, 2.24) is 10.2 Å². The summed E-state index contributed by atoms with van der Waals surface area (Å²) in [4.78, 5) is 14.8. The Labute approximate surface area is 168 Å². The van der Waals surface area contributed by atoms with Crippen molar-refractivity contribution in [2.45, 2.75) is 58.4 Å². The highest BCUT2D eigenvalue weighted by Gasteiger charge is 2.25. The molecule has 1 aliphatic heterocycles. The molecule has 1 saturated heterocycles. The zero-order chi connectivity index (χ0) is 19.8. The van der Waals surface area contributed by atoms with Crippen LogP contribution < -0.4 is 10.1 Å². The Kier molecular flexibility index (Phi) is 7.78. The van der Waals surface area contributed by atoms with Crippen molar-refractivity contribution >= 4 is 5.91 Å². The van der Waals surface area contributed by atoms with Gasteiger partial charge in [-0.15, -0.1) is 0 Å². The molecule has 3 rings (SSSR count). The van der Waals surface area contributed by atoms with Crippen LogP contribution in [0.15, 0.2) is 29.8 Å². The largest absolute Gasteiger partial charge is 0.504 e. The van der Waals surface area contributed by atoms with E-state index in [1.807, 2.05) is 19.1 Å². The molecule has 1 amide bonds.